The summed E-state index contributed by atoms with van der Waals surface area (Å²) in [4.78, 5) is 0. The van der Waals surface area contributed by atoms with Crippen molar-refractivity contribution in [2.24, 2.45) is 5.41 Å². The molecule has 2 atom stereocenters. The van der Waals surface area contributed by atoms with Gasteiger partial charge in [0.25, 0.3) is 0 Å². The lowest BCUT2D eigenvalue weighted by Gasteiger charge is -2.40. The average molecular weight is 406 g/mol. The summed E-state index contributed by atoms with van der Waals surface area (Å²) in [6, 6.07) is 32.3. The van der Waals surface area contributed by atoms with E-state index >= 15 is 0 Å². The second-order valence-corrected chi connectivity index (χ2v) is 12.9. The number of hydrogen-bond donors (Lipinski definition) is 1. The molecule has 0 unspecified atom stereocenters. The monoisotopic (exact) mass is 405 g/mol. The van der Waals surface area contributed by atoms with Gasteiger partial charge in [-0.1, -0.05) is 80.6 Å². The summed E-state index contributed by atoms with van der Waals surface area (Å²) in [5, 5.41) is 14.5. The molecule has 3 aromatic rings. The molecule has 3 aromatic carbocycles. The maximum Gasteiger partial charge on any atom is 0.103 e. The van der Waals surface area contributed by atoms with Gasteiger partial charge in [-0.3, -0.25) is 0 Å². The minimum Gasteiger partial charge on any atom is -0.388 e. The van der Waals surface area contributed by atoms with Crippen LogP contribution in [0, 0.1) is 5.41 Å². The second kappa shape index (κ2) is 9.24. The van der Waals surface area contributed by atoms with Crippen LogP contribution in [0.2, 0.25) is 0 Å². The lowest BCUT2D eigenvalue weighted by Crippen LogP contribution is -2.45. The Morgan fingerprint density at radius 3 is 1.59 bits per heavy atom. The molecule has 0 aliphatic carbocycles. The molecule has 0 heterocycles. The van der Waals surface area contributed by atoms with Gasteiger partial charge in [0, 0.05) is 0 Å². The van der Waals surface area contributed by atoms with Crippen molar-refractivity contribution in [3.05, 3.63) is 96.6 Å². The predicted molar refractivity (Wildman–Crippen MR) is 129 cm³/mol. The molecule has 0 radical (unpaired) electrons. The highest BCUT2D eigenvalue weighted by Gasteiger charge is 2.52. The fourth-order valence-corrected chi connectivity index (χ4v) is 9.62. The number of aliphatic hydroxyl groups is 1. The molecule has 0 aliphatic rings. The van der Waals surface area contributed by atoms with Gasteiger partial charge < -0.3 is 5.11 Å². The van der Waals surface area contributed by atoms with E-state index in [-0.39, 0.29) is 11.1 Å². The summed E-state index contributed by atoms with van der Waals surface area (Å²) < 4.78 is 0. The zero-order chi connectivity index (χ0) is 20.9. The molecule has 3 rings (SSSR count). The van der Waals surface area contributed by atoms with Crippen LogP contribution in [-0.4, -0.2) is 23.0 Å². The highest BCUT2D eigenvalue weighted by molar-refractivity contribution is 7.90. The topological polar surface area (TPSA) is 20.2 Å². The van der Waals surface area contributed by atoms with Crippen LogP contribution in [-0.2, 0) is 6.42 Å². The maximum absolute atomic E-state index is 11.7. The van der Waals surface area contributed by atoms with Crippen molar-refractivity contribution in [3.8, 4) is 0 Å². The Hall–Kier alpha value is -1.95. The van der Waals surface area contributed by atoms with Crippen LogP contribution < -0.4 is 10.6 Å². The third kappa shape index (κ3) is 4.47. The fraction of sp³-hybridized carbons (Fsp3) is 0.333. The van der Waals surface area contributed by atoms with E-state index in [1.54, 1.807) is 0 Å². The van der Waals surface area contributed by atoms with Crippen LogP contribution in [0.15, 0.2) is 91.0 Å². The van der Waals surface area contributed by atoms with Crippen LogP contribution in [0.4, 0.5) is 0 Å². The summed E-state index contributed by atoms with van der Waals surface area (Å²) in [5.41, 5.74) is 1.23. The molecular weight excluding hydrogens is 371 g/mol. The Morgan fingerprint density at radius 2 is 1.17 bits per heavy atom. The molecule has 0 fully saturated rings. The number of benzene rings is 3. The Balaban J connectivity index is 2.03. The molecule has 1 N–H and O–H groups in total. The van der Waals surface area contributed by atoms with Crippen molar-refractivity contribution in [3.63, 3.8) is 0 Å². The summed E-state index contributed by atoms with van der Waals surface area (Å²) in [7, 11) is -1.78. The van der Waals surface area contributed by atoms with E-state index in [0.717, 1.165) is 12.6 Å². The van der Waals surface area contributed by atoms with Crippen molar-refractivity contribution in [1.29, 1.82) is 0 Å². The number of rotatable bonds is 8. The van der Waals surface area contributed by atoms with Gasteiger partial charge in [0.15, 0.2) is 0 Å². The Labute approximate surface area is 177 Å². The number of hydrogen-bond acceptors (Lipinski definition) is 1. The molecule has 0 aliphatic heterocycles. The minimum absolute atomic E-state index is 0.163. The van der Waals surface area contributed by atoms with Gasteiger partial charge in [-0.15, -0.1) is 0 Å². The van der Waals surface area contributed by atoms with Crippen LogP contribution >= 0.6 is 7.26 Å². The first kappa shape index (κ1) is 21.8. The Morgan fingerprint density at radius 1 is 0.759 bits per heavy atom. The van der Waals surface area contributed by atoms with Gasteiger partial charge >= 0.3 is 0 Å². The smallest absolute Gasteiger partial charge is 0.103 e. The SMILES string of the molecule is CC[P+](c1ccccc1)(c1ccccc1)[C@H](C)[C@@H](O)C(C)(C)Cc1ccccc1. The zero-order valence-electron chi connectivity index (χ0n) is 18.1. The third-order valence-corrected chi connectivity index (χ3v) is 11.5. The predicted octanol–water partition coefficient (Wildman–Crippen LogP) is 5.69. The van der Waals surface area contributed by atoms with E-state index in [9.17, 15) is 5.11 Å². The van der Waals surface area contributed by atoms with Gasteiger partial charge in [0.2, 0.25) is 0 Å². The molecule has 152 valence electrons. The summed E-state index contributed by atoms with van der Waals surface area (Å²) >= 11 is 0. The maximum atomic E-state index is 11.7. The minimum atomic E-state index is -1.78. The second-order valence-electron chi connectivity index (χ2n) is 8.69. The standard InChI is InChI=1S/C27H34OP/c1-5-29(24-17-11-7-12-18-24,25-19-13-8-14-20-25)22(2)26(28)27(3,4)21-23-15-9-6-10-16-23/h6-20,22,26,28H,5,21H2,1-4H3/q+1/t22-,26-/m1/s1. The Kier molecular flexibility index (Phi) is 6.93. The van der Waals surface area contributed by atoms with Crippen LogP contribution in [0.1, 0.15) is 33.3 Å². The van der Waals surface area contributed by atoms with E-state index in [1.165, 1.54) is 16.2 Å². The summed E-state index contributed by atoms with van der Waals surface area (Å²) in [5.74, 6) is 0. The van der Waals surface area contributed by atoms with E-state index in [1.807, 2.05) is 6.07 Å². The van der Waals surface area contributed by atoms with Gasteiger partial charge in [-0.25, -0.2) is 0 Å². The van der Waals surface area contributed by atoms with Gasteiger partial charge in [-0.2, -0.15) is 0 Å². The molecule has 0 aromatic heterocycles. The Bertz CT molecular complexity index is 835. The molecule has 29 heavy (non-hydrogen) atoms. The van der Waals surface area contributed by atoms with Crippen molar-refractivity contribution >= 4 is 17.9 Å². The van der Waals surface area contributed by atoms with Gasteiger partial charge in [-0.05, 0) is 55.5 Å². The highest BCUT2D eigenvalue weighted by atomic mass is 31.2. The van der Waals surface area contributed by atoms with E-state index in [4.69, 9.17) is 0 Å². The van der Waals surface area contributed by atoms with Gasteiger partial charge in [0.05, 0.1) is 30.1 Å². The number of aliphatic hydroxyl groups excluding tert-OH is 1. The van der Waals surface area contributed by atoms with Crippen LogP contribution in [0.3, 0.4) is 0 Å². The van der Waals surface area contributed by atoms with Crippen LogP contribution in [0.25, 0.3) is 0 Å². The van der Waals surface area contributed by atoms with Crippen molar-refractivity contribution in [1.82, 2.24) is 0 Å². The quantitative estimate of drug-likeness (QED) is 0.477. The first-order valence-electron chi connectivity index (χ1n) is 10.6. The van der Waals surface area contributed by atoms with E-state index in [0.29, 0.717) is 0 Å². The van der Waals surface area contributed by atoms with Crippen molar-refractivity contribution in [2.45, 2.75) is 45.9 Å². The van der Waals surface area contributed by atoms with Crippen molar-refractivity contribution in [2.75, 3.05) is 6.16 Å². The average Bonchev–Trinajstić information content (AvgIpc) is 2.76. The molecule has 1 nitrogen and oxygen atoms in total. The first-order chi connectivity index (χ1) is 13.9. The zero-order valence-corrected chi connectivity index (χ0v) is 19.0. The molecular formula is C27H34OP+. The molecule has 0 bridgehead atoms. The molecule has 0 amide bonds. The summed E-state index contributed by atoms with van der Waals surface area (Å²) in [6.45, 7) is 8.98. The molecule has 0 saturated carbocycles. The van der Waals surface area contributed by atoms with Gasteiger partial charge in [0.1, 0.15) is 5.66 Å². The van der Waals surface area contributed by atoms with E-state index in [2.05, 4.69) is 113 Å². The lowest BCUT2D eigenvalue weighted by molar-refractivity contribution is 0.0505. The summed E-state index contributed by atoms with van der Waals surface area (Å²) in [6.07, 6.45) is 1.50. The molecule has 0 spiro atoms. The third-order valence-electron chi connectivity index (χ3n) is 6.39. The van der Waals surface area contributed by atoms with Crippen LogP contribution in [0.5, 0.6) is 0 Å². The van der Waals surface area contributed by atoms with E-state index < -0.39 is 13.4 Å². The van der Waals surface area contributed by atoms with Crippen molar-refractivity contribution < 1.29 is 5.11 Å². The molecule has 2 heteroatoms. The highest BCUT2D eigenvalue weighted by Crippen LogP contribution is 2.62. The largest absolute Gasteiger partial charge is 0.388 e. The molecule has 0 saturated heterocycles. The lowest BCUT2D eigenvalue weighted by atomic mass is 9.79. The first-order valence-corrected chi connectivity index (χ1v) is 12.7. The normalized spacial score (nSPS) is 14.4. The fourth-order valence-electron chi connectivity index (χ4n) is 4.78.